The molecule has 0 amide bonds. The van der Waals surface area contributed by atoms with Gasteiger partial charge in [0.05, 0.1) is 12.2 Å². The van der Waals surface area contributed by atoms with Crippen LogP contribution in [0.15, 0.2) is 30.3 Å². The summed E-state index contributed by atoms with van der Waals surface area (Å²) in [5, 5.41) is 10.4. The number of H-pyrrole nitrogens is 1. The zero-order chi connectivity index (χ0) is 19.5. The zero-order valence-electron chi connectivity index (χ0n) is 16.0. The Labute approximate surface area is 162 Å². The van der Waals surface area contributed by atoms with Crippen LogP contribution >= 0.6 is 0 Å². The number of rotatable bonds is 7. The molecule has 3 heterocycles. The fourth-order valence-electron chi connectivity index (χ4n) is 2.88. The second-order valence-corrected chi connectivity index (χ2v) is 6.45. The van der Waals surface area contributed by atoms with Crippen molar-refractivity contribution in [3.63, 3.8) is 0 Å². The first-order valence-corrected chi connectivity index (χ1v) is 8.91. The summed E-state index contributed by atoms with van der Waals surface area (Å²) >= 11 is 0. The fraction of sp³-hybridized carbons (Fsp3) is 0.316. The lowest BCUT2D eigenvalue weighted by Gasteiger charge is -2.19. The summed E-state index contributed by atoms with van der Waals surface area (Å²) in [6.45, 7) is 3.42. The van der Waals surface area contributed by atoms with Crippen LogP contribution in [-0.4, -0.2) is 54.3 Å². The van der Waals surface area contributed by atoms with E-state index in [-0.39, 0.29) is 6.79 Å². The van der Waals surface area contributed by atoms with E-state index in [4.69, 9.17) is 19.2 Å². The number of aryl methyl sites for hydroxylation is 1. The number of nitrogens with zero attached hydrogens (tertiary/aromatic N) is 4. The number of nitrogens with one attached hydrogen (secondary N) is 2. The highest BCUT2D eigenvalue weighted by Gasteiger charge is 2.21. The van der Waals surface area contributed by atoms with Crippen molar-refractivity contribution in [2.75, 3.05) is 44.3 Å². The Morgan fingerprint density at radius 2 is 2.11 bits per heavy atom. The smallest absolute Gasteiger partial charge is 0.231 e. The number of hydrogen-bond donors (Lipinski definition) is 2. The van der Waals surface area contributed by atoms with Crippen LogP contribution in [0.3, 0.4) is 0 Å². The average Bonchev–Trinajstić information content (AvgIpc) is 3.34. The van der Waals surface area contributed by atoms with E-state index in [2.05, 4.69) is 20.5 Å². The number of para-hydroxylation sites is 1. The lowest BCUT2D eigenvalue weighted by atomic mass is 10.1. The molecule has 1 aliphatic heterocycles. The van der Waals surface area contributed by atoms with E-state index in [1.165, 1.54) is 0 Å². The van der Waals surface area contributed by atoms with Crippen LogP contribution in [0.4, 0.5) is 17.5 Å². The van der Waals surface area contributed by atoms with Crippen LogP contribution in [0.5, 0.6) is 11.5 Å². The number of methoxy groups -OCH3 is 1. The third-order valence-corrected chi connectivity index (χ3v) is 4.33. The van der Waals surface area contributed by atoms with Gasteiger partial charge in [-0.3, -0.25) is 5.10 Å². The van der Waals surface area contributed by atoms with Gasteiger partial charge in [0, 0.05) is 38.5 Å². The maximum absolute atomic E-state index is 5.64. The molecule has 9 nitrogen and oxygen atoms in total. The molecule has 3 aromatic rings. The van der Waals surface area contributed by atoms with Crippen molar-refractivity contribution < 1.29 is 14.2 Å². The van der Waals surface area contributed by atoms with Crippen LogP contribution in [-0.2, 0) is 4.74 Å². The van der Waals surface area contributed by atoms with Gasteiger partial charge in [-0.15, -0.1) is 0 Å². The van der Waals surface area contributed by atoms with Gasteiger partial charge in [0.1, 0.15) is 11.6 Å². The molecular weight excluding hydrogens is 360 g/mol. The Bertz CT molecular complexity index is 974. The van der Waals surface area contributed by atoms with Gasteiger partial charge in [-0.2, -0.15) is 5.10 Å². The molecule has 28 heavy (non-hydrogen) atoms. The highest BCUT2D eigenvalue weighted by Crippen LogP contribution is 2.40. The first-order chi connectivity index (χ1) is 13.6. The third kappa shape index (κ3) is 3.70. The van der Waals surface area contributed by atoms with Crippen molar-refractivity contribution in [1.82, 2.24) is 20.2 Å². The number of hydrogen-bond acceptors (Lipinski definition) is 8. The Morgan fingerprint density at radius 1 is 1.21 bits per heavy atom. The molecule has 1 aromatic carbocycles. The summed E-state index contributed by atoms with van der Waals surface area (Å²) in [5.41, 5.74) is 1.74. The standard InChI is InChI=1S/C19H22N6O3/c1-12-9-16(24-23-12)20-15-10-17(25(2)7-8-26-3)22-19(21-15)13-5-4-6-14-18(13)28-11-27-14/h4-6,9-10H,7-8,11H2,1-3H3,(H2,20,21,22,23,24). The van der Waals surface area contributed by atoms with E-state index in [0.29, 0.717) is 42.1 Å². The summed E-state index contributed by atoms with van der Waals surface area (Å²) in [6, 6.07) is 9.48. The van der Waals surface area contributed by atoms with Gasteiger partial charge in [0.25, 0.3) is 0 Å². The van der Waals surface area contributed by atoms with Crippen molar-refractivity contribution in [3.8, 4) is 22.9 Å². The Kier molecular flexibility index (Phi) is 4.98. The lowest BCUT2D eigenvalue weighted by Crippen LogP contribution is -2.23. The van der Waals surface area contributed by atoms with Crippen molar-refractivity contribution in [2.45, 2.75) is 6.92 Å². The summed E-state index contributed by atoms with van der Waals surface area (Å²) in [5.74, 6) is 3.96. The molecule has 0 atom stereocenters. The number of aromatic amines is 1. The Hall–Kier alpha value is -3.33. The van der Waals surface area contributed by atoms with Gasteiger partial charge >= 0.3 is 0 Å². The van der Waals surface area contributed by atoms with Gasteiger partial charge < -0.3 is 24.4 Å². The minimum Gasteiger partial charge on any atom is -0.454 e. The quantitative estimate of drug-likeness (QED) is 0.644. The second kappa shape index (κ2) is 7.73. The van der Waals surface area contributed by atoms with Gasteiger partial charge in [-0.05, 0) is 19.1 Å². The molecule has 4 rings (SSSR count). The number of anilines is 3. The largest absolute Gasteiger partial charge is 0.454 e. The van der Waals surface area contributed by atoms with Crippen LogP contribution in [0.2, 0.25) is 0 Å². The molecule has 0 saturated carbocycles. The number of ether oxygens (including phenoxy) is 3. The molecule has 0 aliphatic carbocycles. The SMILES string of the molecule is COCCN(C)c1cc(Nc2cc(C)[nH]n2)nc(-c2cccc3c2OCO3)n1. The van der Waals surface area contributed by atoms with Crippen LogP contribution in [0.1, 0.15) is 5.69 Å². The van der Waals surface area contributed by atoms with Crippen molar-refractivity contribution >= 4 is 17.5 Å². The van der Waals surface area contributed by atoms with E-state index in [9.17, 15) is 0 Å². The Balaban J connectivity index is 1.74. The van der Waals surface area contributed by atoms with E-state index in [1.54, 1.807) is 7.11 Å². The molecule has 0 fully saturated rings. The normalized spacial score (nSPS) is 12.2. The highest BCUT2D eigenvalue weighted by molar-refractivity contribution is 5.72. The van der Waals surface area contributed by atoms with E-state index >= 15 is 0 Å². The highest BCUT2D eigenvalue weighted by atomic mass is 16.7. The summed E-state index contributed by atoms with van der Waals surface area (Å²) in [7, 11) is 3.64. The maximum atomic E-state index is 5.64. The van der Waals surface area contributed by atoms with E-state index < -0.39 is 0 Å². The van der Waals surface area contributed by atoms with Gasteiger partial charge in [-0.25, -0.2) is 9.97 Å². The minimum atomic E-state index is 0.192. The molecule has 2 aromatic heterocycles. The summed E-state index contributed by atoms with van der Waals surface area (Å²) < 4.78 is 16.3. The number of benzene rings is 1. The van der Waals surface area contributed by atoms with Crippen LogP contribution in [0.25, 0.3) is 11.4 Å². The molecule has 0 saturated heterocycles. The molecule has 9 heteroatoms. The van der Waals surface area contributed by atoms with Crippen LogP contribution in [0, 0.1) is 6.92 Å². The first kappa shape index (κ1) is 18.1. The lowest BCUT2D eigenvalue weighted by molar-refractivity contribution is 0.174. The molecule has 1 aliphatic rings. The number of aromatic nitrogens is 4. The maximum Gasteiger partial charge on any atom is 0.231 e. The van der Waals surface area contributed by atoms with Gasteiger partial charge in [0.15, 0.2) is 23.1 Å². The van der Waals surface area contributed by atoms with E-state index in [1.807, 2.05) is 49.2 Å². The molecule has 146 valence electrons. The molecule has 2 N–H and O–H groups in total. The summed E-state index contributed by atoms with van der Waals surface area (Å²) in [6.07, 6.45) is 0. The van der Waals surface area contributed by atoms with Crippen LogP contribution < -0.4 is 19.7 Å². The minimum absolute atomic E-state index is 0.192. The predicted molar refractivity (Wildman–Crippen MR) is 105 cm³/mol. The van der Waals surface area contributed by atoms with Crippen molar-refractivity contribution in [1.29, 1.82) is 0 Å². The number of fused-ring (bicyclic) bond motifs is 1. The second-order valence-electron chi connectivity index (χ2n) is 6.45. The van der Waals surface area contributed by atoms with Gasteiger partial charge in [-0.1, -0.05) is 6.07 Å². The third-order valence-electron chi connectivity index (χ3n) is 4.33. The van der Waals surface area contributed by atoms with Crippen molar-refractivity contribution in [3.05, 3.63) is 36.0 Å². The topological polar surface area (TPSA) is 97.4 Å². The molecule has 0 unspecified atom stereocenters. The van der Waals surface area contributed by atoms with Crippen molar-refractivity contribution in [2.24, 2.45) is 0 Å². The summed E-state index contributed by atoms with van der Waals surface area (Å²) in [4.78, 5) is 11.4. The molecule has 0 radical (unpaired) electrons. The van der Waals surface area contributed by atoms with E-state index in [0.717, 1.165) is 17.1 Å². The average molecular weight is 382 g/mol. The predicted octanol–water partition coefficient (Wildman–Crippen LogP) is 2.73. The fourth-order valence-corrected chi connectivity index (χ4v) is 2.88. The Morgan fingerprint density at radius 3 is 2.89 bits per heavy atom. The molecule has 0 bridgehead atoms. The molecule has 0 spiro atoms. The zero-order valence-corrected chi connectivity index (χ0v) is 16.0. The first-order valence-electron chi connectivity index (χ1n) is 8.91. The monoisotopic (exact) mass is 382 g/mol. The van der Waals surface area contributed by atoms with Gasteiger partial charge in [0.2, 0.25) is 6.79 Å². The number of likely N-dealkylation sites (N-methyl/N-ethyl adjacent to an activating group) is 1. The molecular formula is C19H22N6O3.